The molecular formula is C22H17ClN4O3. The molecule has 0 unspecified atom stereocenters. The number of fused-ring (bicyclic) bond motifs is 1. The van der Waals surface area contributed by atoms with Crippen LogP contribution >= 0.6 is 11.6 Å². The number of benzene rings is 2. The molecule has 7 nitrogen and oxygen atoms in total. The molecule has 8 heteroatoms. The molecule has 0 bridgehead atoms. The first-order chi connectivity index (χ1) is 14.4. The number of nitrogens with two attached hydrogens (primary N) is 1. The summed E-state index contributed by atoms with van der Waals surface area (Å²) >= 11 is 6.14. The van der Waals surface area contributed by atoms with Crippen LogP contribution in [0.3, 0.4) is 0 Å². The lowest BCUT2D eigenvalue weighted by atomic mass is 9.84. The molecule has 30 heavy (non-hydrogen) atoms. The lowest BCUT2D eigenvalue weighted by Gasteiger charge is -2.25. The van der Waals surface area contributed by atoms with Gasteiger partial charge >= 0.3 is 5.97 Å². The van der Waals surface area contributed by atoms with Gasteiger partial charge in [0, 0.05) is 5.02 Å². The van der Waals surface area contributed by atoms with E-state index >= 15 is 0 Å². The zero-order chi connectivity index (χ0) is 21.4. The molecule has 2 N–H and O–H groups in total. The van der Waals surface area contributed by atoms with Gasteiger partial charge in [0.15, 0.2) is 0 Å². The Balaban J connectivity index is 1.88. The van der Waals surface area contributed by atoms with Crippen molar-refractivity contribution in [2.24, 2.45) is 5.73 Å². The number of methoxy groups -OCH3 is 1. The molecule has 0 fully saturated rings. The number of halogens is 1. The molecule has 1 aliphatic heterocycles. The van der Waals surface area contributed by atoms with Crippen LogP contribution in [0.4, 0.5) is 0 Å². The van der Waals surface area contributed by atoms with Crippen LogP contribution in [0.15, 0.2) is 60.0 Å². The van der Waals surface area contributed by atoms with E-state index in [1.165, 1.54) is 7.11 Å². The number of nitrogens with zero attached hydrogens (tertiary/aromatic N) is 3. The van der Waals surface area contributed by atoms with Gasteiger partial charge in [0.1, 0.15) is 11.6 Å². The SMILES string of the molecule is COC(=O)c1ccc([C@@H]2C(C#N)=C(N)Oc3c2c(C)nn3-c2cccc(Cl)c2)cc1. The third-order valence-electron chi connectivity index (χ3n) is 4.95. The predicted molar refractivity (Wildman–Crippen MR) is 110 cm³/mol. The molecule has 0 saturated carbocycles. The molecule has 150 valence electrons. The maximum absolute atomic E-state index is 11.8. The van der Waals surface area contributed by atoms with Crippen LogP contribution in [0.25, 0.3) is 5.69 Å². The average Bonchev–Trinajstić information content (AvgIpc) is 3.08. The number of rotatable bonds is 3. The summed E-state index contributed by atoms with van der Waals surface area (Å²) in [5.74, 6) is -0.489. The van der Waals surface area contributed by atoms with Gasteiger partial charge in [-0.2, -0.15) is 10.4 Å². The van der Waals surface area contributed by atoms with Crippen molar-refractivity contribution in [1.29, 1.82) is 5.26 Å². The monoisotopic (exact) mass is 420 g/mol. The number of hydrogen-bond donors (Lipinski definition) is 1. The van der Waals surface area contributed by atoms with Crippen molar-refractivity contribution in [3.63, 3.8) is 0 Å². The molecular weight excluding hydrogens is 404 g/mol. The Morgan fingerprint density at radius 1 is 1.30 bits per heavy atom. The Kier molecular flexibility index (Phi) is 4.94. The molecule has 3 aromatic rings. The molecule has 0 saturated heterocycles. The Bertz CT molecular complexity index is 1220. The van der Waals surface area contributed by atoms with Crippen molar-refractivity contribution >= 4 is 17.6 Å². The van der Waals surface area contributed by atoms with Crippen LogP contribution in [0.1, 0.15) is 33.1 Å². The van der Waals surface area contributed by atoms with E-state index in [0.717, 1.165) is 11.1 Å². The first-order valence-corrected chi connectivity index (χ1v) is 9.43. The summed E-state index contributed by atoms with van der Waals surface area (Å²) in [4.78, 5) is 11.8. The van der Waals surface area contributed by atoms with Crippen LogP contribution in [0, 0.1) is 18.3 Å². The van der Waals surface area contributed by atoms with Gasteiger partial charge in [-0.1, -0.05) is 29.8 Å². The summed E-state index contributed by atoms with van der Waals surface area (Å²) in [5, 5.41) is 14.9. The van der Waals surface area contributed by atoms with Crippen LogP contribution in [-0.4, -0.2) is 22.9 Å². The van der Waals surface area contributed by atoms with E-state index in [0.29, 0.717) is 27.8 Å². The summed E-state index contributed by atoms with van der Waals surface area (Å²) in [7, 11) is 1.33. The van der Waals surface area contributed by atoms with Crippen LogP contribution in [-0.2, 0) is 4.74 Å². The number of nitriles is 1. The maximum atomic E-state index is 11.8. The normalized spacial score (nSPS) is 15.2. The molecule has 2 heterocycles. The van der Waals surface area contributed by atoms with Gasteiger partial charge in [0.05, 0.1) is 35.5 Å². The van der Waals surface area contributed by atoms with Gasteiger partial charge in [-0.15, -0.1) is 0 Å². The van der Waals surface area contributed by atoms with Gasteiger partial charge in [0.25, 0.3) is 0 Å². The second-order valence-electron chi connectivity index (χ2n) is 6.73. The van der Waals surface area contributed by atoms with E-state index in [-0.39, 0.29) is 11.5 Å². The standard InChI is InChI=1S/C22H17ClN4O3/c1-12-18-19(13-6-8-14(9-7-13)22(28)29-2)17(11-24)20(25)30-21(18)27(26-12)16-5-3-4-15(23)10-16/h3-10,19H,25H2,1-2H3/t19-/m1/s1. The third-order valence-corrected chi connectivity index (χ3v) is 5.19. The first kappa shape index (κ1) is 19.6. The lowest BCUT2D eigenvalue weighted by Crippen LogP contribution is -2.22. The molecule has 0 aliphatic carbocycles. The van der Waals surface area contributed by atoms with E-state index in [4.69, 9.17) is 26.8 Å². The number of carbonyl (C=O) groups is 1. The number of ether oxygens (including phenoxy) is 2. The summed E-state index contributed by atoms with van der Waals surface area (Å²) in [5.41, 5.74) is 9.71. The van der Waals surface area contributed by atoms with Crippen molar-refractivity contribution < 1.29 is 14.3 Å². The second kappa shape index (κ2) is 7.58. The number of carbonyl (C=O) groups excluding carboxylic acids is 1. The van der Waals surface area contributed by atoms with Crippen molar-refractivity contribution in [3.05, 3.63) is 87.4 Å². The minimum atomic E-state index is -0.488. The average molecular weight is 421 g/mol. The summed E-state index contributed by atoms with van der Waals surface area (Å²) in [6.45, 7) is 1.84. The molecule has 4 rings (SSSR count). The summed E-state index contributed by atoms with van der Waals surface area (Å²) in [6.07, 6.45) is 0. The molecule has 1 aliphatic rings. The molecule has 0 amide bonds. The molecule has 2 aromatic carbocycles. The highest BCUT2D eigenvalue weighted by atomic mass is 35.5. The van der Waals surface area contributed by atoms with Gasteiger partial charge in [-0.25, -0.2) is 9.48 Å². The van der Waals surface area contributed by atoms with Crippen molar-refractivity contribution in [3.8, 4) is 17.6 Å². The topological polar surface area (TPSA) is 103 Å². The van der Waals surface area contributed by atoms with Gasteiger partial charge in [-0.3, -0.25) is 0 Å². The minimum Gasteiger partial charge on any atom is -0.465 e. The fraction of sp³-hybridized carbons (Fsp3) is 0.136. The van der Waals surface area contributed by atoms with Gasteiger partial charge < -0.3 is 15.2 Å². The number of aromatic nitrogens is 2. The Hall–Kier alpha value is -3.76. The van der Waals surface area contributed by atoms with E-state index in [1.807, 2.05) is 19.1 Å². The Labute approximate surface area is 177 Å². The number of esters is 1. The van der Waals surface area contributed by atoms with Crippen LogP contribution in [0.2, 0.25) is 5.02 Å². The van der Waals surface area contributed by atoms with Crippen molar-refractivity contribution in [2.75, 3.05) is 7.11 Å². The first-order valence-electron chi connectivity index (χ1n) is 9.06. The highest BCUT2D eigenvalue weighted by Crippen LogP contribution is 2.44. The van der Waals surface area contributed by atoms with Gasteiger partial charge in [-0.05, 0) is 42.8 Å². The molecule has 1 atom stereocenters. The zero-order valence-electron chi connectivity index (χ0n) is 16.2. The number of allylic oxidation sites excluding steroid dienone is 1. The Morgan fingerprint density at radius 3 is 2.67 bits per heavy atom. The zero-order valence-corrected chi connectivity index (χ0v) is 17.0. The van der Waals surface area contributed by atoms with E-state index in [2.05, 4.69) is 11.2 Å². The minimum absolute atomic E-state index is 0.00947. The van der Waals surface area contributed by atoms with Crippen LogP contribution < -0.4 is 10.5 Å². The smallest absolute Gasteiger partial charge is 0.337 e. The van der Waals surface area contributed by atoms with E-state index in [1.54, 1.807) is 41.1 Å². The lowest BCUT2D eigenvalue weighted by molar-refractivity contribution is 0.0600. The maximum Gasteiger partial charge on any atom is 0.337 e. The highest BCUT2D eigenvalue weighted by Gasteiger charge is 2.36. The van der Waals surface area contributed by atoms with Crippen molar-refractivity contribution in [1.82, 2.24) is 9.78 Å². The summed E-state index contributed by atoms with van der Waals surface area (Å²) < 4.78 is 12.2. The summed E-state index contributed by atoms with van der Waals surface area (Å²) in [6, 6.07) is 16.2. The van der Waals surface area contributed by atoms with Crippen molar-refractivity contribution in [2.45, 2.75) is 12.8 Å². The highest BCUT2D eigenvalue weighted by molar-refractivity contribution is 6.30. The fourth-order valence-corrected chi connectivity index (χ4v) is 3.74. The number of aryl methyl sites for hydroxylation is 1. The molecule has 1 aromatic heterocycles. The molecule has 0 radical (unpaired) electrons. The third kappa shape index (κ3) is 3.17. The van der Waals surface area contributed by atoms with Crippen LogP contribution in [0.5, 0.6) is 5.88 Å². The van der Waals surface area contributed by atoms with E-state index < -0.39 is 11.9 Å². The predicted octanol–water partition coefficient (Wildman–Crippen LogP) is 3.84. The Morgan fingerprint density at radius 2 is 2.03 bits per heavy atom. The quantitative estimate of drug-likeness (QED) is 0.645. The molecule has 0 spiro atoms. The number of hydrogen-bond acceptors (Lipinski definition) is 6. The largest absolute Gasteiger partial charge is 0.465 e. The van der Waals surface area contributed by atoms with E-state index in [9.17, 15) is 10.1 Å². The van der Waals surface area contributed by atoms with Gasteiger partial charge in [0.2, 0.25) is 11.8 Å². The second-order valence-corrected chi connectivity index (χ2v) is 7.17. The fourth-order valence-electron chi connectivity index (χ4n) is 3.56.